The molecule has 0 aliphatic carbocycles. The normalized spacial score (nSPS) is 14.5. The largest absolute Gasteiger partial charge is 0.496 e. The summed E-state index contributed by atoms with van der Waals surface area (Å²) >= 11 is 0. The Morgan fingerprint density at radius 1 is 1.00 bits per heavy atom. The number of methoxy groups -OCH3 is 3. The first-order valence-electron chi connectivity index (χ1n) is 6.98. The van der Waals surface area contributed by atoms with Crippen LogP contribution >= 0.6 is 0 Å². The van der Waals surface area contributed by atoms with E-state index in [2.05, 4.69) is 20.8 Å². The lowest BCUT2D eigenvalue weighted by molar-refractivity contribution is 0.130. The van der Waals surface area contributed by atoms with E-state index in [1.807, 2.05) is 0 Å². The van der Waals surface area contributed by atoms with Crippen molar-refractivity contribution in [2.75, 3.05) is 21.3 Å². The lowest BCUT2D eigenvalue weighted by atomic mass is 9.83. The number of aliphatic hydroxyl groups is 1. The first-order valence-corrected chi connectivity index (χ1v) is 6.98. The topological polar surface area (TPSA) is 73.9 Å². The van der Waals surface area contributed by atoms with Crippen molar-refractivity contribution >= 4 is 0 Å². The molecule has 1 aromatic carbocycles. The molecule has 0 saturated carbocycles. The van der Waals surface area contributed by atoms with E-state index in [-0.39, 0.29) is 11.5 Å². The molecule has 0 aromatic heterocycles. The highest BCUT2D eigenvalue weighted by atomic mass is 16.5. The smallest absolute Gasteiger partial charge is 0.164 e. The second-order valence-electron chi connectivity index (χ2n) is 6.17. The number of ether oxygens (including phenoxy) is 3. The average molecular weight is 297 g/mol. The molecule has 21 heavy (non-hydrogen) atoms. The van der Waals surface area contributed by atoms with E-state index < -0.39 is 6.10 Å². The number of rotatable bonds is 6. The zero-order valence-corrected chi connectivity index (χ0v) is 13.8. The van der Waals surface area contributed by atoms with Gasteiger partial charge >= 0.3 is 0 Å². The molecule has 0 aliphatic heterocycles. The van der Waals surface area contributed by atoms with E-state index >= 15 is 0 Å². The molecule has 0 saturated heterocycles. The van der Waals surface area contributed by atoms with Gasteiger partial charge in [0.15, 0.2) is 11.5 Å². The van der Waals surface area contributed by atoms with Crippen molar-refractivity contribution in [3.8, 4) is 17.2 Å². The summed E-state index contributed by atoms with van der Waals surface area (Å²) in [4.78, 5) is 0. The molecule has 120 valence electrons. The van der Waals surface area contributed by atoms with E-state index in [4.69, 9.17) is 19.9 Å². The molecule has 5 heteroatoms. The second-order valence-corrected chi connectivity index (χ2v) is 6.17. The van der Waals surface area contributed by atoms with Crippen molar-refractivity contribution in [2.45, 2.75) is 39.3 Å². The second kappa shape index (κ2) is 7.00. The molecular formula is C16H27NO4. The zero-order valence-electron chi connectivity index (χ0n) is 13.8. The molecule has 0 heterocycles. The lowest BCUT2D eigenvalue weighted by Gasteiger charge is -2.29. The van der Waals surface area contributed by atoms with Gasteiger partial charge in [-0.05, 0) is 17.9 Å². The SMILES string of the molecule is COc1cc(OC)c([C@@H](O)C[C@H](N)C(C)(C)C)cc1OC. The minimum atomic E-state index is -0.728. The van der Waals surface area contributed by atoms with Gasteiger partial charge in [0.05, 0.1) is 27.4 Å². The van der Waals surface area contributed by atoms with Gasteiger partial charge < -0.3 is 25.1 Å². The van der Waals surface area contributed by atoms with Gasteiger partial charge in [-0.2, -0.15) is 0 Å². The molecule has 0 unspecified atom stereocenters. The van der Waals surface area contributed by atoms with Crippen molar-refractivity contribution in [1.82, 2.24) is 0 Å². The van der Waals surface area contributed by atoms with E-state index in [0.29, 0.717) is 29.2 Å². The van der Waals surface area contributed by atoms with Gasteiger partial charge in [0, 0.05) is 17.7 Å². The van der Waals surface area contributed by atoms with Gasteiger partial charge in [-0.1, -0.05) is 20.8 Å². The van der Waals surface area contributed by atoms with Crippen LogP contribution in [-0.4, -0.2) is 32.5 Å². The van der Waals surface area contributed by atoms with Crippen LogP contribution in [0.25, 0.3) is 0 Å². The summed E-state index contributed by atoms with van der Waals surface area (Å²) in [6.07, 6.45) is -0.288. The number of hydrogen-bond acceptors (Lipinski definition) is 5. The Balaban J connectivity index is 3.10. The Hall–Kier alpha value is -1.46. The van der Waals surface area contributed by atoms with E-state index in [1.54, 1.807) is 33.5 Å². The van der Waals surface area contributed by atoms with E-state index in [0.717, 1.165) is 0 Å². The first kappa shape index (κ1) is 17.6. The highest BCUT2D eigenvalue weighted by molar-refractivity contribution is 5.51. The van der Waals surface area contributed by atoms with Crippen LogP contribution in [0.4, 0.5) is 0 Å². The maximum atomic E-state index is 10.5. The lowest BCUT2D eigenvalue weighted by Crippen LogP contribution is -2.36. The van der Waals surface area contributed by atoms with Crippen LogP contribution in [-0.2, 0) is 0 Å². The van der Waals surface area contributed by atoms with Crippen LogP contribution in [0.2, 0.25) is 0 Å². The van der Waals surface area contributed by atoms with Crippen molar-refractivity contribution in [1.29, 1.82) is 0 Å². The van der Waals surface area contributed by atoms with Crippen molar-refractivity contribution in [2.24, 2.45) is 11.1 Å². The highest BCUT2D eigenvalue weighted by Gasteiger charge is 2.26. The molecule has 0 amide bonds. The molecule has 0 aliphatic rings. The highest BCUT2D eigenvalue weighted by Crippen LogP contribution is 2.39. The summed E-state index contributed by atoms with van der Waals surface area (Å²) in [7, 11) is 4.67. The molecule has 3 N–H and O–H groups in total. The minimum Gasteiger partial charge on any atom is -0.496 e. The van der Waals surface area contributed by atoms with E-state index in [9.17, 15) is 5.11 Å². The molecule has 1 rings (SSSR count). The molecule has 0 spiro atoms. The number of benzene rings is 1. The van der Waals surface area contributed by atoms with Crippen LogP contribution in [0.15, 0.2) is 12.1 Å². The third kappa shape index (κ3) is 4.25. The van der Waals surface area contributed by atoms with Gasteiger partial charge in [-0.3, -0.25) is 0 Å². The van der Waals surface area contributed by atoms with Gasteiger partial charge in [0.25, 0.3) is 0 Å². The van der Waals surface area contributed by atoms with E-state index in [1.165, 1.54) is 0 Å². The standard InChI is InChI=1S/C16H27NO4/c1-16(2,3)15(17)8-11(18)10-7-13(20-5)14(21-6)9-12(10)19-4/h7,9,11,15,18H,8,17H2,1-6H3/t11-,15-/m0/s1. The molecular weight excluding hydrogens is 270 g/mol. The molecule has 0 radical (unpaired) electrons. The Morgan fingerprint density at radius 3 is 1.90 bits per heavy atom. The fourth-order valence-corrected chi connectivity index (χ4v) is 2.03. The Kier molecular flexibility index (Phi) is 5.87. The van der Waals surface area contributed by atoms with Crippen molar-refractivity contribution in [3.63, 3.8) is 0 Å². The Morgan fingerprint density at radius 2 is 1.48 bits per heavy atom. The number of aliphatic hydroxyl groups excluding tert-OH is 1. The van der Waals surface area contributed by atoms with Crippen LogP contribution in [0.3, 0.4) is 0 Å². The van der Waals surface area contributed by atoms with Crippen molar-refractivity contribution in [3.05, 3.63) is 17.7 Å². The quantitative estimate of drug-likeness (QED) is 0.844. The maximum absolute atomic E-state index is 10.5. The summed E-state index contributed by atoms with van der Waals surface area (Å²) in [5, 5.41) is 10.5. The fraction of sp³-hybridized carbons (Fsp3) is 0.625. The fourth-order valence-electron chi connectivity index (χ4n) is 2.03. The summed E-state index contributed by atoms with van der Waals surface area (Å²) in [6, 6.07) is 3.31. The van der Waals surface area contributed by atoms with Crippen molar-refractivity contribution < 1.29 is 19.3 Å². The van der Waals surface area contributed by atoms with Gasteiger partial charge in [0.2, 0.25) is 0 Å². The van der Waals surface area contributed by atoms with Gasteiger partial charge in [-0.25, -0.2) is 0 Å². The van der Waals surface area contributed by atoms with Gasteiger partial charge in [0.1, 0.15) is 5.75 Å². The maximum Gasteiger partial charge on any atom is 0.164 e. The number of hydrogen-bond donors (Lipinski definition) is 2. The Bertz CT molecular complexity index is 468. The summed E-state index contributed by atoms with van der Waals surface area (Å²) < 4.78 is 15.9. The first-order chi connectivity index (χ1) is 9.74. The third-order valence-electron chi connectivity index (χ3n) is 3.68. The van der Waals surface area contributed by atoms with Crippen LogP contribution < -0.4 is 19.9 Å². The van der Waals surface area contributed by atoms with Crippen LogP contribution in [0.1, 0.15) is 38.9 Å². The summed E-state index contributed by atoms with van der Waals surface area (Å²) in [5.41, 5.74) is 6.72. The molecule has 0 fully saturated rings. The Labute approximate surface area is 127 Å². The zero-order chi connectivity index (χ0) is 16.2. The monoisotopic (exact) mass is 297 g/mol. The third-order valence-corrected chi connectivity index (χ3v) is 3.68. The molecule has 5 nitrogen and oxygen atoms in total. The molecule has 1 aromatic rings. The molecule has 0 bridgehead atoms. The predicted molar refractivity (Wildman–Crippen MR) is 83.1 cm³/mol. The van der Waals surface area contributed by atoms with Crippen LogP contribution in [0, 0.1) is 5.41 Å². The van der Waals surface area contributed by atoms with Gasteiger partial charge in [-0.15, -0.1) is 0 Å². The van der Waals surface area contributed by atoms with Crippen LogP contribution in [0.5, 0.6) is 17.2 Å². The summed E-state index contributed by atoms with van der Waals surface area (Å²) in [6.45, 7) is 6.16. The average Bonchev–Trinajstić information content (AvgIpc) is 2.44. The summed E-state index contributed by atoms with van der Waals surface area (Å²) in [5.74, 6) is 1.67. The minimum absolute atomic E-state index is 0.0786. The number of nitrogens with two attached hydrogens (primary N) is 1. The predicted octanol–water partition coefficient (Wildman–Crippen LogP) is 2.51. The molecule has 2 atom stereocenters.